The average Bonchev–Trinajstić information content (AvgIpc) is 2.16. The Hall–Kier alpha value is -1.20. The molecule has 2 radical (unpaired) electrons. The third-order valence-electron chi connectivity index (χ3n) is 1.62. The molecule has 0 aliphatic heterocycles. The number of carbonyl (C=O) groups is 1. The number of benzene rings is 1. The standard InChI is InChI=1S/C10H10O4.Mg/c1-14-9-6-7(2-4-8(9)11)3-5-10(12)13;/h2-6,11H,1H3,(H,12,13);/b5-3-;. The van der Waals surface area contributed by atoms with Gasteiger partial charge < -0.3 is 14.9 Å². The second-order valence-corrected chi connectivity index (χ2v) is 2.60. The minimum Gasteiger partial charge on any atom is -0.504 e. The Morgan fingerprint density at radius 3 is 2.67 bits per heavy atom. The number of ether oxygens (including phenoxy) is 1. The lowest BCUT2D eigenvalue weighted by Gasteiger charge is -2.03. The topological polar surface area (TPSA) is 66.8 Å². The number of carboxylic acids is 1. The normalized spacial score (nSPS) is 9.67. The summed E-state index contributed by atoms with van der Waals surface area (Å²) in [7, 11) is 1.43. The minimum absolute atomic E-state index is 0. The number of methoxy groups -OCH3 is 1. The van der Waals surface area contributed by atoms with Crippen molar-refractivity contribution in [3.63, 3.8) is 0 Å². The Balaban J connectivity index is 0.00000196. The minimum atomic E-state index is -1.02. The third-order valence-corrected chi connectivity index (χ3v) is 1.62. The van der Waals surface area contributed by atoms with E-state index in [0.717, 1.165) is 6.08 Å². The average molecular weight is 218 g/mol. The molecule has 0 unspecified atom stereocenters. The van der Waals surface area contributed by atoms with E-state index < -0.39 is 5.97 Å². The molecule has 0 heterocycles. The highest BCUT2D eigenvalue weighted by molar-refractivity contribution is 5.85. The Bertz CT molecular complexity index is 374. The predicted octanol–water partition coefficient (Wildman–Crippen LogP) is 1.12. The van der Waals surface area contributed by atoms with Crippen LogP contribution in [-0.4, -0.2) is 46.3 Å². The predicted molar refractivity (Wildman–Crippen MR) is 57.1 cm³/mol. The van der Waals surface area contributed by atoms with Gasteiger partial charge in [0.2, 0.25) is 0 Å². The van der Waals surface area contributed by atoms with Gasteiger partial charge in [-0.25, -0.2) is 4.79 Å². The van der Waals surface area contributed by atoms with Crippen LogP contribution < -0.4 is 4.74 Å². The zero-order valence-electron chi connectivity index (χ0n) is 8.30. The van der Waals surface area contributed by atoms with Gasteiger partial charge in [-0.05, 0) is 23.8 Å². The number of hydrogen-bond donors (Lipinski definition) is 2. The first-order chi connectivity index (χ1) is 6.63. The maximum atomic E-state index is 10.2. The van der Waals surface area contributed by atoms with Gasteiger partial charge in [0, 0.05) is 29.1 Å². The molecule has 0 aliphatic carbocycles. The number of hydrogen-bond acceptors (Lipinski definition) is 3. The summed E-state index contributed by atoms with van der Waals surface area (Å²) in [5.74, 6) is -0.672. The van der Waals surface area contributed by atoms with E-state index in [9.17, 15) is 9.90 Å². The molecule has 0 saturated heterocycles. The van der Waals surface area contributed by atoms with E-state index in [1.807, 2.05) is 0 Å². The summed E-state index contributed by atoms with van der Waals surface area (Å²) in [6.45, 7) is 0. The molecule has 1 rings (SSSR count). The number of aromatic hydroxyl groups is 1. The van der Waals surface area contributed by atoms with Crippen LogP contribution in [-0.2, 0) is 4.79 Å². The Kier molecular flexibility index (Phi) is 5.81. The molecule has 0 atom stereocenters. The molecular weight excluding hydrogens is 208 g/mol. The number of rotatable bonds is 3. The lowest BCUT2D eigenvalue weighted by molar-refractivity contribution is -0.131. The van der Waals surface area contributed by atoms with Crippen molar-refractivity contribution in [1.29, 1.82) is 0 Å². The fraction of sp³-hybridized carbons (Fsp3) is 0.100. The molecule has 0 spiro atoms. The van der Waals surface area contributed by atoms with Crippen LogP contribution in [0.15, 0.2) is 24.3 Å². The van der Waals surface area contributed by atoms with Gasteiger partial charge in [-0.15, -0.1) is 0 Å². The van der Waals surface area contributed by atoms with Gasteiger partial charge in [0.1, 0.15) is 0 Å². The van der Waals surface area contributed by atoms with Crippen molar-refractivity contribution in [3.8, 4) is 11.5 Å². The molecule has 15 heavy (non-hydrogen) atoms. The van der Waals surface area contributed by atoms with Gasteiger partial charge in [0.15, 0.2) is 11.5 Å². The second-order valence-electron chi connectivity index (χ2n) is 2.60. The second kappa shape index (κ2) is 6.31. The van der Waals surface area contributed by atoms with E-state index in [1.54, 1.807) is 12.1 Å². The molecule has 0 aliphatic rings. The van der Waals surface area contributed by atoms with Crippen molar-refractivity contribution in [2.75, 3.05) is 7.11 Å². The molecular formula is C10H10MgO4. The molecule has 0 saturated carbocycles. The highest BCUT2D eigenvalue weighted by Crippen LogP contribution is 2.26. The first kappa shape index (κ1) is 13.8. The van der Waals surface area contributed by atoms with Crippen LogP contribution in [0.25, 0.3) is 6.08 Å². The number of phenols is 1. The van der Waals surface area contributed by atoms with Gasteiger partial charge in [0.25, 0.3) is 0 Å². The summed E-state index contributed by atoms with van der Waals surface area (Å²) in [5.41, 5.74) is 0.655. The fourth-order valence-corrected chi connectivity index (χ4v) is 0.965. The van der Waals surface area contributed by atoms with Crippen molar-refractivity contribution in [2.45, 2.75) is 0 Å². The van der Waals surface area contributed by atoms with Crippen molar-refractivity contribution in [3.05, 3.63) is 29.8 Å². The largest absolute Gasteiger partial charge is 0.504 e. The SMILES string of the molecule is COc1cc(/C=C\C(=O)O)ccc1O.[Mg]. The number of aliphatic carboxylic acids is 1. The van der Waals surface area contributed by atoms with Crippen molar-refractivity contribution >= 4 is 35.1 Å². The summed E-state index contributed by atoms with van der Waals surface area (Å²) < 4.78 is 4.86. The lowest BCUT2D eigenvalue weighted by atomic mass is 10.2. The maximum Gasteiger partial charge on any atom is 0.328 e. The van der Waals surface area contributed by atoms with Crippen LogP contribution in [0.3, 0.4) is 0 Å². The molecule has 0 amide bonds. The Labute approximate surface area is 103 Å². The van der Waals surface area contributed by atoms with Crippen LogP contribution in [0.4, 0.5) is 0 Å². The van der Waals surface area contributed by atoms with E-state index in [0.29, 0.717) is 11.3 Å². The van der Waals surface area contributed by atoms with Crippen LogP contribution >= 0.6 is 0 Å². The van der Waals surface area contributed by atoms with Crippen molar-refractivity contribution in [1.82, 2.24) is 0 Å². The van der Waals surface area contributed by atoms with Gasteiger partial charge in [0.05, 0.1) is 7.11 Å². The third kappa shape index (κ3) is 4.22. The Morgan fingerprint density at radius 1 is 1.47 bits per heavy atom. The zero-order chi connectivity index (χ0) is 10.6. The number of phenolic OH excluding ortho intramolecular Hbond substituents is 1. The number of carboxylic acid groups (broad SMARTS) is 1. The molecule has 2 N–H and O–H groups in total. The Morgan fingerprint density at radius 2 is 2.13 bits per heavy atom. The summed E-state index contributed by atoms with van der Waals surface area (Å²) in [6.07, 6.45) is 2.44. The smallest absolute Gasteiger partial charge is 0.328 e. The monoisotopic (exact) mass is 218 g/mol. The summed E-state index contributed by atoms with van der Waals surface area (Å²) in [6, 6.07) is 4.59. The fourth-order valence-electron chi connectivity index (χ4n) is 0.965. The molecule has 0 fully saturated rings. The molecule has 0 aromatic heterocycles. The zero-order valence-corrected chi connectivity index (χ0v) is 9.72. The van der Waals surface area contributed by atoms with Gasteiger partial charge in [-0.1, -0.05) is 6.07 Å². The van der Waals surface area contributed by atoms with Crippen LogP contribution in [0.2, 0.25) is 0 Å². The van der Waals surface area contributed by atoms with Crippen LogP contribution in [0, 0.1) is 0 Å². The molecule has 1 aromatic carbocycles. The first-order valence-corrected chi connectivity index (χ1v) is 3.91. The molecule has 1 aromatic rings. The van der Waals surface area contributed by atoms with Crippen molar-refractivity contribution < 1.29 is 19.7 Å². The van der Waals surface area contributed by atoms with Crippen LogP contribution in [0.1, 0.15) is 5.56 Å². The highest BCUT2D eigenvalue weighted by atomic mass is 24.3. The molecule has 76 valence electrons. The first-order valence-electron chi connectivity index (χ1n) is 3.91. The van der Waals surface area contributed by atoms with E-state index >= 15 is 0 Å². The summed E-state index contributed by atoms with van der Waals surface area (Å²) >= 11 is 0. The summed E-state index contributed by atoms with van der Waals surface area (Å²) in [4.78, 5) is 10.2. The highest BCUT2D eigenvalue weighted by Gasteiger charge is 2.00. The van der Waals surface area contributed by atoms with Gasteiger partial charge in [-0.3, -0.25) is 0 Å². The van der Waals surface area contributed by atoms with Gasteiger partial charge in [-0.2, -0.15) is 0 Å². The van der Waals surface area contributed by atoms with E-state index in [-0.39, 0.29) is 28.8 Å². The van der Waals surface area contributed by atoms with E-state index in [4.69, 9.17) is 9.84 Å². The maximum absolute atomic E-state index is 10.2. The molecule has 5 heteroatoms. The lowest BCUT2D eigenvalue weighted by Crippen LogP contribution is -1.87. The van der Waals surface area contributed by atoms with Crippen LogP contribution in [0.5, 0.6) is 11.5 Å². The van der Waals surface area contributed by atoms with E-state index in [2.05, 4.69) is 0 Å². The van der Waals surface area contributed by atoms with Gasteiger partial charge >= 0.3 is 5.97 Å². The van der Waals surface area contributed by atoms with E-state index in [1.165, 1.54) is 19.3 Å². The molecule has 4 nitrogen and oxygen atoms in total. The quantitative estimate of drug-likeness (QED) is 0.589. The van der Waals surface area contributed by atoms with Crippen molar-refractivity contribution in [2.24, 2.45) is 0 Å². The molecule has 0 bridgehead atoms. The summed E-state index contributed by atoms with van der Waals surface area (Å²) in [5, 5.41) is 17.6.